The maximum Gasteiger partial charge on any atom is 0.224 e. The van der Waals surface area contributed by atoms with Gasteiger partial charge in [0, 0.05) is 22.8 Å². The molecule has 0 saturated heterocycles. The predicted octanol–water partition coefficient (Wildman–Crippen LogP) is 3.69. The molecule has 1 aliphatic heterocycles. The lowest BCUT2D eigenvalue weighted by molar-refractivity contribution is -0.116. The minimum Gasteiger partial charge on any atom is -0.397 e. The lowest BCUT2D eigenvalue weighted by Crippen LogP contribution is -2.19. The number of carbonyl (C=O) groups excluding carboxylic acids is 1. The molecule has 4 nitrogen and oxygen atoms in total. The van der Waals surface area contributed by atoms with E-state index in [2.05, 4.69) is 10.6 Å². The third kappa shape index (κ3) is 2.92. The summed E-state index contributed by atoms with van der Waals surface area (Å²) < 4.78 is 13.3. The number of nitrogens with two attached hydrogens (primary N) is 1. The van der Waals surface area contributed by atoms with E-state index in [1.165, 1.54) is 12.1 Å². The highest BCUT2D eigenvalue weighted by molar-refractivity contribution is 6.30. The van der Waals surface area contributed by atoms with Gasteiger partial charge in [0.05, 0.1) is 11.4 Å². The van der Waals surface area contributed by atoms with Crippen LogP contribution in [0.4, 0.5) is 27.1 Å². The number of aryl methyl sites for hydroxylation is 1. The van der Waals surface area contributed by atoms with Crippen LogP contribution in [0.15, 0.2) is 30.3 Å². The molecular formula is C15H13ClFN3O. The molecule has 0 fully saturated rings. The summed E-state index contributed by atoms with van der Waals surface area (Å²) in [6.07, 6.45) is 1.12. The minimum absolute atomic E-state index is 0.0213. The van der Waals surface area contributed by atoms with Crippen molar-refractivity contribution in [3.8, 4) is 0 Å². The van der Waals surface area contributed by atoms with E-state index in [1.54, 1.807) is 12.1 Å². The van der Waals surface area contributed by atoms with E-state index in [1.807, 2.05) is 6.07 Å². The van der Waals surface area contributed by atoms with Crippen molar-refractivity contribution in [1.29, 1.82) is 0 Å². The Balaban J connectivity index is 1.95. The third-order valence-corrected chi connectivity index (χ3v) is 3.53. The van der Waals surface area contributed by atoms with Crippen molar-refractivity contribution < 1.29 is 9.18 Å². The Kier molecular flexibility index (Phi) is 3.43. The monoisotopic (exact) mass is 305 g/mol. The van der Waals surface area contributed by atoms with E-state index in [4.69, 9.17) is 17.3 Å². The number of hydrogen-bond donors (Lipinski definition) is 3. The standard InChI is InChI=1S/C15H13ClFN3O/c16-9-4-10(17)6-11(5-9)19-14-7-13-8(3-12(14)18)1-2-15(21)20-13/h3-7,19H,1-2,18H2,(H,20,21). The maximum atomic E-state index is 13.3. The molecule has 108 valence electrons. The van der Waals surface area contributed by atoms with Crippen LogP contribution in [-0.2, 0) is 11.2 Å². The molecule has 0 aliphatic carbocycles. The predicted molar refractivity (Wildman–Crippen MR) is 82.5 cm³/mol. The summed E-state index contributed by atoms with van der Waals surface area (Å²) in [5.41, 5.74) is 9.35. The molecule has 2 aromatic rings. The number of rotatable bonds is 2. The number of nitrogen functional groups attached to an aromatic ring is 1. The summed E-state index contributed by atoms with van der Waals surface area (Å²) in [6.45, 7) is 0. The Morgan fingerprint density at radius 1 is 1.19 bits per heavy atom. The molecule has 0 bridgehead atoms. The average molecular weight is 306 g/mol. The number of fused-ring (bicyclic) bond motifs is 1. The molecule has 0 saturated carbocycles. The second-order valence-electron chi connectivity index (χ2n) is 4.93. The van der Waals surface area contributed by atoms with Gasteiger partial charge >= 0.3 is 0 Å². The van der Waals surface area contributed by atoms with Crippen molar-refractivity contribution in [3.63, 3.8) is 0 Å². The molecule has 3 rings (SSSR count). The van der Waals surface area contributed by atoms with E-state index in [0.717, 1.165) is 11.3 Å². The number of amides is 1. The van der Waals surface area contributed by atoms with Crippen molar-refractivity contribution in [2.24, 2.45) is 0 Å². The number of halogens is 2. The SMILES string of the molecule is Nc1cc2c(cc1Nc1cc(F)cc(Cl)c1)NC(=O)CC2. The van der Waals surface area contributed by atoms with Crippen molar-refractivity contribution >= 4 is 40.3 Å². The molecule has 0 spiro atoms. The van der Waals surface area contributed by atoms with Crippen LogP contribution in [0.3, 0.4) is 0 Å². The highest BCUT2D eigenvalue weighted by Crippen LogP contribution is 2.33. The van der Waals surface area contributed by atoms with Gasteiger partial charge < -0.3 is 16.4 Å². The zero-order chi connectivity index (χ0) is 15.0. The Bertz CT molecular complexity index is 713. The quantitative estimate of drug-likeness (QED) is 0.741. The summed E-state index contributed by atoms with van der Waals surface area (Å²) in [5.74, 6) is -0.457. The van der Waals surface area contributed by atoms with Gasteiger partial charge in [-0.2, -0.15) is 0 Å². The zero-order valence-corrected chi connectivity index (χ0v) is 11.8. The summed E-state index contributed by atoms with van der Waals surface area (Å²) >= 11 is 5.82. The van der Waals surface area contributed by atoms with Crippen molar-refractivity contribution in [1.82, 2.24) is 0 Å². The fourth-order valence-corrected chi connectivity index (χ4v) is 2.56. The van der Waals surface area contributed by atoms with E-state index < -0.39 is 5.82 Å². The van der Waals surface area contributed by atoms with Crippen LogP contribution in [0.2, 0.25) is 5.02 Å². The summed E-state index contributed by atoms with van der Waals surface area (Å²) in [7, 11) is 0. The highest BCUT2D eigenvalue weighted by atomic mass is 35.5. The van der Waals surface area contributed by atoms with Gasteiger partial charge in [0.2, 0.25) is 5.91 Å². The van der Waals surface area contributed by atoms with Crippen molar-refractivity contribution in [2.75, 3.05) is 16.4 Å². The van der Waals surface area contributed by atoms with Gasteiger partial charge in [-0.25, -0.2) is 4.39 Å². The van der Waals surface area contributed by atoms with Gasteiger partial charge in [-0.15, -0.1) is 0 Å². The zero-order valence-electron chi connectivity index (χ0n) is 11.0. The average Bonchev–Trinajstić information content (AvgIpc) is 2.39. The van der Waals surface area contributed by atoms with Crippen molar-refractivity contribution in [2.45, 2.75) is 12.8 Å². The van der Waals surface area contributed by atoms with E-state index in [-0.39, 0.29) is 5.91 Å². The topological polar surface area (TPSA) is 67.2 Å². The van der Waals surface area contributed by atoms with Gasteiger partial charge in [0.1, 0.15) is 5.82 Å². The van der Waals surface area contributed by atoms with Gasteiger partial charge in [-0.3, -0.25) is 4.79 Å². The summed E-state index contributed by atoms with van der Waals surface area (Å²) in [5, 5.41) is 6.11. The number of benzene rings is 2. The van der Waals surface area contributed by atoms with E-state index in [9.17, 15) is 9.18 Å². The molecule has 0 unspecified atom stereocenters. The number of carbonyl (C=O) groups is 1. The first-order chi connectivity index (χ1) is 10.0. The van der Waals surface area contributed by atoms with Crippen molar-refractivity contribution in [3.05, 3.63) is 46.7 Å². The Hall–Kier alpha value is -2.27. The third-order valence-electron chi connectivity index (χ3n) is 3.31. The Morgan fingerprint density at radius 3 is 2.76 bits per heavy atom. The van der Waals surface area contributed by atoms with Gasteiger partial charge in [-0.1, -0.05) is 11.6 Å². The van der Waals surface area contributed by atoms with Crippen LogP contribution in [0.25, 0.3) is 0 Å². The lowest BCUT2D eigenvalue weighted by atomic mass is 10.0. The largest absolute Gasteiger partial charge is 0.397 e. The molecule has 1 aliphatic rings. The second kappa shape index (κ2) is 5.26. The van der Waals surface area contributed by atoms with Crippen LogP contribution in [0.5, 0.6) is 0 Å². The molecule has 4 N–H and O–H groups in total. The Morgan fingerprint density at radius 2 is 2.00 bits per heavy atom. The lowest BCUT2D eigenvalue weighted by Gasteiger charge is -2.20. The molecule has 1 amide bonds. The molecule has 0 radical (unpaired) electrons. The van der Waals surface area contributed by atoms with Gasteiger partial charge in [-0.05, 0) is 42.3 Å². The van der Waals surface area contributed by atoms with Crippen LogP contribution in [0, 0.1) is 5.82 Å². The normalized spacial score (nSPS) is 13.5. The summed E-state index contributed by atoms with van der Waals surface area (Å²) in [6, 6.07) is 7.72. The molecular weight excluding hydrogens is 293 g/mol. The first kappa shape index (κ1) is 13.7. The smallest absolute Gasteiger partial charge is 0.224 e. The number of anilines is 4. The first-order valence-electron chi connectivity index (χ1n) is 6.46. The molecule has 0 aromatic heterocycles. The molecule has 6 heteroatoms. The fraction of sp³-hybridized carbons (Fsp3) is 0.133. The summed E-state index contributed by atoms with van der Waals surface area (Å²) in [4.78, 5) is 11.4. The van der Waals surface area contributed by atoms with E-state index >= 15 is 0 Å². The molecule has 2 aromatic carbocycles. The Labute approximate surface area is 126 Å². The molecule has 1 heterocycles. The second-order valence-corrected chi connectivity index (χ2v) is 5.36. The highest BCUT2D eigenvalue weighted by Gasteiger charge is 2.16. The number of hydrogen-bond acceptors (Lipinski definition) is 3. The minimum atomic E-state index is -0.435. The number of nitrogens with one attached hydrogen (secondary N) is 2. The van der Waals surface area contributed by atoms with Crippen LogP contribution >= 0.6 is 11.6 Å². The van der Waals surface area contributed by atoms with Crippen LogP contribution in [-0.4, -0.2) is 5.91 Å². The van der Waals surface area contributed by atoms with E-state index in [0.29, 0.717) is 34.9 Å². The van der Waals surface area contributed by atoms with Gasteiger partial charge in [0.15, 0.2) is 0 Å². The van der Waals surface area contributed by atoms with Crippen LogP contribution < -0.4 is 16.4 Å². The van der Waals surface area contributed by atoms with Gasteiger partial charge in [0.25, 0.3) is 0 Å². The molecule has 0 atom stereocenters. The maximum absolute atomic E-state index is 13.3. The van der Waals surface area contributed by atoms with Crippen LogP contribution in [0.1, 0.15) is 12.0 Å². The fourth-order valence-electron chi connectivity index (χ4n) is 2.34. The molecule has 21 heavy (non-hydrogen) atoms. The first-order valence-corrected chi connectivity index (χ1v) is 6.84.